The Morgan fingerprint density at radius 3 is 2.50 bits per heavy atom. The highest BCUT2D eigenvalue weighted by Gasteiger charge is 2.18. The van der Waals surface area contributed by atoms with Crippen molar-refractivity contribution in [3.8, 4) is 0 Å². The lowest BCUT2D eigenvalue weighted by molar-refractivity contribution is 0.101. The van der Waals surface area contributed by atoms with Crippen LogP contribution in [0.3, 0.4) is 0 Å². The summed E-state index contributed by atoms with van der Waals surface area (Å²) in [5, 5.41) is 0. The molecular formula is C14H17BrO. The van der Waals surface area contributed by atoms with E-state index in [-0.39, 0.29) is 5.78 Å². The quantitative estimate of drug-likeness (QED) is 0.718. The largest absolute Gasteiger partial charge is 0.295 e. The summed E-state index contributed by atoms with van der Waals surface area (Å²) < 4.78 is 1.10. The van der Waals surface area contributed by atoms with E-state index in [2.05, 4.69) is 22.0 Å². The number of carbonyl (C=O) groups is 1. The average Bonchev–Trinajstić information content (AvgIpc) is 2.30. The molecule has 0 saturated heterocycles. The molecule has 1 aliphatic rings. The predicted molar refractivity (Wildman–Crippen MR) is 70.0 cm³/mol. The Kier molecular flexibility index (Phi) is 3.80. The molecule has 1 aliphatic carbocycles. The van der Waals surface area contributed by atoms with Gasteiger partial charge in [0.05, 0.1) is 0 Å². The molecule has 86 valence electrons. The highest BCUT2D eigenvalue weighted by atomic mass is 79.9. The topological polar surface area (TPSA) is 17.1 Å². The average molecular weight is 281 g/mol. The predicted octanol–water partition coefficient (Wildman–Crippen LogP) is 4.70. The van der Waals surface area contributed by atoms with E-state index in [1.807, 2.05) is 12.1 Å². The molecule has 1 nitrogen and oxygen atoms in total. The Bertz CT molecular complexity index is 392. The van der Waals surface area contributed by atoms with E-state index in [0.717, 1.165) is 10.0 Å². The molecule has 0 aliphatic heterocycles. The SMILES string of the molecule is CC(=O)c1ccc(C2CCCCC2)c(Br)c1. The summed E-state index contributed by atoms with van der Waals surface area (Å²) in [6.07, 6.45) is 6.63. The van der Waals surface area contributed by atoms with Gasteiger partial charge < -0.3 is 0 Å². The maximum Gasteiger partial charge on any atom is 0.159 e. The number of hydrogen-bond acceptors (Lipinski definition) is 1. The van der Waals surface area contributed by atoms with Crippen LogP contribution in [-0.4, -0.2) is 5.78 Å². The molecule has 2 rings (SSSR count). The molecule has 0 radical (unpaired) electrons. The van der Waals surface area contributed by atoms with Crippen molar-refractivity contribution in [3.63, 3.8) is 0 Å². The highest BCUT2D eigenvalue weighted by Crippen LogP contribution is 2.36. The van der Waals surface area contributed by atoms with Gasteiger partial charge in [-0.3, -0.25) is 4.79 Å². The molecule has 0 aromatic heterocycles. The Labute approximate surface area is 105 Å². The Balaban J connectivity index is 2.24. The third kappa shape index (κ3) is 2.54. The molecule has 0 amide bonds. The van der Waals surface area contributed by atoms with Crippen molar-refractivity contribution in [2.75, 3.05) is 0 Å². The van der Waals surface area contributed by atoms with Gasteiger partial charge in [0.2, 0.25) is 0 Å². The van der Waals surface area contributed by atoms with Gasteiger partial charge in [-0.25, -0.2) is 0 Å². The van der Waals surface area contributed by atoms with E-state index >= 15 is 0 Å². The van der Waals surface area contributed by atoms with Crippen LogP contribution >= 0.6 is 15.9 Å². The van der Waals surface area contributed by atoms with Crippen LogP contribution in [0.5, 0.6) is 0 Å². The first kappa shape index (κ1) is 11.8. The molecule has 0 N–H and O–H groups in total. The summed E-state index contributed by atoms with van der Waals surface area (Å²) in [6, 6.07) is 6.04. The van der Waals surface area contributed by atoms with Gasteiger partial charge in [-0.1, -0.05) is 47.3 Å². The van der Waals surface area contributed by atoms with Crippen molar-refractivity contribution in [2.45, 2.75) is 44.9 Å². The monoisotopic (exact) mass is 280 g/mol. The van der Waals surface area contributed by atoms with Crippen molar-refractivity contribution < 1.29 is 4.79 Å². The summed E-state index contributed by atoms with van der Waals surface area (Å²) in [4.78, 5) is 11.3. The van der Waals surface area contributed by atoms with Gasteiger partial charge in [0, 0.05) is 10.0 Å². The van der Waals surface area contributed by atoms with E-state index in [1.54, 1.807) is 6.92 Å². The maximum atomic E-state index is 11.3. The molecule has 1 fully saturated rings. The Morgan fingerprint density at radius 2 is 1.94 bits per heavy atom. The molecule has 0 spiro atoms. The zero-order chi connectivity index (χ0) is 11.5. The lowest BCUT2D eigenvalue weighted by Gasteiger charge is -2.23. The second-order valence-electron chi connectivity index (χ2n) is 4.63. The smallest absolute Gasteiger partial charge is 0.159 e. The fourth-order valence-electron chi connectivity index (χ4n) is 2.49. The molecule has 1 aromatic rings. The zero-order valence-corrected chi connectivity index (χ0v) is 11.2. The molecule has 0 unspecified atom stereocenters. The molecule has 1 aromatic carbocycles. The van der Waals surface area contributed by atoms with E-state index < -0.39 is 0 Å². The van der Waals surface area contributed by atoms with Crippen molar-refractivity contribution >= 4 is 21.7 Å². The van der Waals surface area contributed by atoms with Gasteiger partial charge >= 0.3 is 0 Å². The number of halogens is 1. The first-order chi connectivity index (χ1) is 7.68. The van der Waals surface area contributed by atoms with E-state index in [9.17, 15) is 4.79 Å². The Hall–Kier alpha value is -0.630. The summed E-state index contributed by atoms with van der Waals surface area (Å²) in [5.74, 6) is 0.819. The molecule has 0 atom stereocenters. The second-order valence-corrected chi connectivity index (χ2v) is 5.48. The van der Waals surface area contributed by atoms with Crippen LogP contribution < -0.4 is 0 Å². The molecule has 0 bridgehead atoms. The van der Waals surface area contributed by atoms with Gasteiger partial charge in [0.1, 0.15) is 0 Å². The van der Waals surface area contributed by atoms with Crippen LogP contribution in [0.15, 0.2) is 22.7 Å². The molecule has 0 heterocycles. The standard InChI is InChI=1S/C14H17BrO/c1-10(16)12-7-8-13(14(15)9-12)11-5-3-2-4-6-11/h7-9,11H,2-6H2,1H3. The van der Waals surface area contributed by atoms with Crippen LogP contribution in [0.4, 0.5) is 0 Å². The van der Waals surface area contributed by atoms with E-state index in [1.165, 1.54) is 37.7 Å². The summed E-state index contributed by atoms with van der Waals surface area (Å²) >= 11 is 3.60. The summed E-state index contributed by atoms with van der Waals surface area (Å²) in [5.41, 5.74) is 2.18. The summed E-state index contributed by atoms with van der Waals surface area (Å²) in [7, 11) is 0. The number of rotatable bonds is 2. The number of hydrogen-bond donors (Lipinski definition) is 0. The second kappa shape index (κ2) is 5.13. The van der Waals surface area contributed by atoms with Crippen molar-refractivity contribution in [1.82, 2.24) is 0 Å². The maximum absolute atomic E-state index is 11.3. The number of Topliss-reactive ketones (excluding diaryl/α,β-unsaturated/α-hetero) is 1. The lowest BCUT2D eigenvalue weighted by atomic mass is 9.84. The van der Waals surface area contributed by atoms with E-state index in [0.29, 0.717) is 5.92 Å². The van der Waals surface area contributed by atoms with Gasteiger partial charge in [-0.05, 0) is 37.3 Å². The van der Waals surface area contributed by atoms with Crippen molar-refractivity contribution in [2.24, 2.45) is 0 Å². The van der Waals surface area contributed by atoms with E-state index in [4.69, 9.17) is 0 Å². The third-order valence-electron chi connectivity index (χ3n) is 3.45. The van der Waals surface area contributed by atoms with Gasteiger partial charge in [0.25, 0.3) is 0 Å². The molecular weight excluding hydrogens is 264 g/mol. The fraction of sp³-hybridized carbons (Fsp3) is 0.500. The van der Waals surface area contributed by atoms with Crippen LogP contribution in [0.1, 0.15) is 60.9 Å². The highest BCUT2D eigenvalue weighted by molar-refractivity contribution is 9.10. The number of carbonyl (C=O) groups excluding carboxylic acids is 1. The minimum absolute atomic E-state index is 0.135. The third-order valence-corrected chi connectivity index (χ3v) is 4.14. The minimum atomic E-state index is 0.135. The summed E-state index contributed by atoms with van der Waals surface area (Å²) in [6.45, 7) is 1.61. The van der Waals surface area contributed by atoms with Crippen LogP contribution in [0, 0.1) is 0 Å². The number of ketones is 1. The van der Waals surface area contributed by atoms with Gasteiger partial charge in [0.15, 0.2) is 5.78 Å². The van der Waals surface area contributed by atoms with Crippen LogP contribution in [0.25, 0.3) is 0 Å². The normalized spacial score (nSPS) is 17.4. The fourth-order valence-corrected chi connectivity index (χ4v) is 3.19. The zero-order valence-electron chi connectivity index (χ0n) is 9.63. The van der Waals surface area contributed by atoms with Crippen LogP contribution in [-0.2, 0) is 0 Å². The lowest BCUT2D eigenvalue weighted by Crippen LogP contribution is -2.06. The first-order valence-corrected chi connectivity index (χ1v) is 6.78. The van der Waals surface area contributed by atoms with Gasteiger partial charge in [-0.2, -0.15) is 0 Å². The number of benzene rings is 1. The Morgan fingerprint density at radius 1 is 1.25 bits per heavy atom. The van der Waals surface area contributed by atoms with Gasteiger partial charge in [-0.15, -0.1) is 0 Å². The molecule has 2 heteroatoms. The molecule has 16 heavy (non-hydrogen) atoms. The first-order valence-electron chi connectivity index (χ1n) is 5.99. The minimum Gasteiger partial charge on any atom is -0.295 e. The molecule has 1 saturated carbocycles. The van der Waals surface area contributed by atoms with Crippen molar-refractivity contribution in [3.05, 3.63) is 33.8 Å². The van der Waals surface area contributed by atoms with Crippen molar-refractivity contribution in [1.29, 1.82) is 0 Å². The van der Waals surface area contributed by atoms with Crippen LogP contribution in [0.2, 0.25) is 0 Å².